The van der Waals surface area contributed by atoms with E-state index in [1.54, 1.807) is 4.68 Å². The fourth-order valence-electron chi connectivity index (χ4n) is 2.89. The lowest BCUT2D eigenvalue weighted by Crippen LogP contribution is -2.41. The van der Waals surface area contributed by atoms with Gasteiger partial charge in [-0.3, -0.25) is 9.48 Å². The van der Waals surface area contributed by atoms with E-state index in [0.29, 0.717) is 11.6 Å². The Morgan fingerprint density at radius 3 is 2.95 bits per heavy atom. The van der Waals surface area contributed by atoms with E-state index in [9.17, 15) is 4.79 Å². The molecule has 0 bridgehead atoms. The van der Waals surface area contributed by atoms with Crippen LogP contribution in [0.15, 0.2) is 6.07 Å². The second kappa shape index (κ2) is 6.88. The molecule has 1 aliphatic heterocycles. The Morgan fingerprint density at radius 2 is 2.30 bits per heavy atom. The maximum Gasteiger partial charge on any atom is 0.272 e. The molecule has 1 aromatic heterocycles. The Labute approximate surface area is 120 Å². The highest BCUT2D eigenvalue weighted by Crippen LogP contribution is 2.21. The topological polar surface area (TPSA) is 58.4 Å². The molecule has 1 saturated heterocycles. The van der Waals surface area contributed by atoms with Gasteiger partial charge in [0.05, 0.1) is 5.69 Å². The van der Waals surface area contributed by atoms with E-state index in [1.165, 1.54) is 0 Å². The zero-order chi connectivity index (χ0) is 14.5. The molecule has 0 aliphatic carbocycles. The van der Waals surface area contributed by atoms with Crippen molar-refractivity contribution >= 4 is 5.91 Å². The zero-order valence-electron chi connectivity index (χ0n) is 12.5. The quantitative estimate of drug-likeness (QED) is 0.892. The number of amides is 1. The number of rotatable bonds is 5. The summed E-state index contributed by atoms with van der Waals surface area (Å²) in [6.07, 6.45) is 3.77. The maximum absolute atomic E-state index is 12.7. The van der Waals surface area contributed by atoms with Crippen LogP contribution in [-0.2, 0) is 13.0 Å². The highest BCUT2D eigenvalue weighted by Gasteiger charge is 2.26. The first-order valence-corrected chi connectivity index (χ1v) is 7.66. The summed E-state index contributed by atoms with van der Waals surface area (Å²) in [6, 6.07) is 1.92. The number of carbonyl (C=O) groups excluding carboxylic acids is 1. The second-order valence-corrected chi connectivity index (χ2v) is 5.46. The number of aromatic nitrogens is 2. The normalized spacial score (nSPS) is 19.4. The fourth-order valence-corrected chi connectivity index (χ4v) is 2.89. The molecule has 1 atom stereocenters. The minimum Gasteiger partial charge on any atom is -0.396 e. The second-order valence-electron chi connectivity index (χ2n) is 5.46. The number of nitrogens with zero attached hydrogens (tertiary/aromatic N) is 3. The van der Waals surface area contributed by atoms with Crippen LogP contribution < -0.4 is 0 Å². The van der Waals surface area contributed by atoms with Crippen molar-refractivity contribution in [3.05, 3.63) is 17.5 Å². The van der Waals surface area contributed by atoms with E-state index >= 15 is 0 Å². The average Bonchev–Trinajstić information content (AvgIpc) is 2.90. The van der Waals surface area contributed by atoms with Crippen molar-refractivity contribution in [2.24, 2.45) is 5.92 Å². The lowest BCUT2D eigenvalue weighted by molar-refractivity contribution is 0.0641. The van der Waals surface area contributed by atoms with Crippen LogP contribution in [0.25, 0.3) is 0 Å². The fraction of sp³-hybridized carbons (Fsp3) is 0.733. The van der Waals surface area contributed by atoms with Crippen LogP contribution in [0.4, 0.5) is 0 Å². The largest absolute Gasteiger partial charge is 0.396 e. The molecule has 1 N–H and O–H groups in total. The Balaban J connectivity index is 2.12. The monoisotopic (exact) mass is 279 g/mol. The third kappa shape index (κ3) is 3.20. The molecule has 0 saturated carbocycles. The number of aliphatic hydroxyl groups is 1. The van der Waals surface area contributed by atoms with Gasteiger partial charge < -0.3 is 10.0 Å². The minimum atomic E-state index is 0.0849. The molecule has 2 rings (SSSR count). The third-order valence-electron chi connectivity index (χ3n) is 4.06. The minimum absolute atomic E-state index is 0.0849. The van der Waals surface area contributed by atoms with Crippen LogP contribution in [0.3, 0.4) is 0 Å². The van der Waals surface area contributed by atoms with Gasteiger partial charge in [-0.05, 0) is 44.6 Å². The summed E-state index contributed by atoms with van der Waals surface area (Å²) in [6.45, 7) is 6.56. The molecular formula is C15H25N3O2. The first-order valence-electron chi connectivity index (χ1n) is 7.66. The van der Waals surface area contributed by atoms with Gasteiger partial charge >= 0.3 is 0 Å². The molecule has 5 heteroatoms. The number of carbonyl (C=O) groups is 1. The van der Waals surface area contributed by atoms with Gasteiger partial charge in [0.25, 0.3) is 5.91 Å². The van der Waals surface area contributed by atoms with E-state index in [-0.39, 0.29) is 12.5 Å². The highest BCUT2D eigenvalue weighted by molar-refractivity contribution is 5.92. The van der Waals surface area contributed by atoms with Gasteiger partial charge in [0, 0.05) is 26.2 Å². The van der Waals surface area contributed by atoms with Gasteiger partial charge in [0.1, 0.15) is 5.69 Å². The molecule has 112 valence electrons. The first-order chi connectivity index (χ1) is 9.69. The molecule has 1 aliphatic rings. The standard InChI is InChI=1S/C15H25N3O2/c1-3-13-10-14(18(4-2)16-13)15(20)17-8-5-6-12(11-17)7-9-19/h10,12,19H,3-9,11H2,1-2H3. The molecule has 1 aromatic rings. The number of hydrogen-bond donors (Lipinski definition) is 1. The van der Waals surface area contributed by atoms with E-state index in [4.69, 9.17) is 5.11 Å². The predicted molar refractivity (Wildman–Crippen MR) is 77.6 cm³/mol. The van der Waals surface area contributed by atoms with Crippen molar-refractivity contribution in [2.75, 3.05) is 19.7 Å². The summed E-state index contributed by atoms with van der Waals surface area (Å²) in [5.74, 6) is 0.517. The summed E-state index contributed by atoms with van der Waals surface area (Å²) in [4.78, 5) is 14.6. The lowest BCUT2D eigenvalue weighted by atomic mass is 9.95. The van der Waals surface area contributed by atoms with E-state index < -0.39 is 0 Å². The molecule has 5 nitrogen and oxygen atoms in total. The van der Waals surface area contributed by atoms with Gasteiger partial charge in [-0.1, -0.05) is 6.92 Å². The number of piperidine rings is 1. The molecule has 1 amide bonds. The summed E-state index contributed by atoms with van der Waals surface area (Å²) < 4.78 is 1.80. The highest BCUT2D eigenvalue weighted by atomic mass is 16.3. The predicted octanol–water partition coefficient (Wildman–Crippen LogP) is 1.70. The molecule has 0 aromatic carbocycles. The van der Waals surface area contributed by atoms with Crippen molar-refractivity contribution in [3.8, 4) is 0 Å². The molecule has 0 radical (unpaired) electrons. The molecule has 1 fully saturated rings. The van der Waals surface area contributed by atoms with Crippen LogP contribution in [-0.4, -0.2) is 45.4 Å². The van der Waals surface area contributed by atoms with Crippen LogP contribution in [0.5, 0.6) is 0 Å². The number of aryl methyl sites for hydroxylation is 2. The molecule has 2 heterocycles. The number of hydrogen-bond acceptors (Lipinski definition) is 3. The van der Waals surface area contributed by atoms with Crippen molar-refractivity contribution in [2.45, 2.75) is 46.1 Å². The van der Waals surface area contributed by atoms with Crippen LogP contribution >= 0.6 is 0 Å². The average molecular weight is 279 g/mol. The van der Waals surface area contributed by atoms with Crippen LogP contribution in [0.1, 0.15) is 49.3 Å². The Hall–Kier alpha value is -1.36. The molecule has 0 spiro atoms. The van der Waals surface area contributed by atoms with Gasteiger partial charge in [-0.2, -0.15) is 5.10 Å². The first kappa shape index (κ1) is 15.0. The number of likely N-dealkylation sites (tertiary alicyclic amines) is 1. The van der Waals surface area contributed by atoms with Crippen molar-refractivity contribution in [1.29, 1.82) is 0 Å². The number of aliphatic hydroxyl groups excluding tert-OH is 1. The van der Waals surface area contributed by atoms with Crippen LogP contribution in [0.2, 0.25) is 0 Å². The summed E-state index contributed by atoms with van der Waals surface area (Å²) in [7, 11) is 0. The van der Waals surface area contributed by atoms with E-state index in [0.717, 1.165) is 51.0 Å². The summed E-state index contributed by atoms with van der Waals surface area (Å²) >= 11 is 0. The van der Waals surface area contributed by atoms with E-state index in [2.05, 4.69) is 12.0 Å². The summed E-state index contributed by atoms with van der Waals surface area (Å²) in [5.41, 5.74) is 1.67. The molecular weight excluding hydrogens is 254 g/mol. The van der Waals surface area contributed by atoms with Crippen molar-refractivity contribution < 1.29 is 9.90 Å². The van der Waals surface area contributed by atoms with Gasteiger partial charge in [0.15, 0.2) is 0 Å². The Kier molecular flexibility index (Phi) is 5.17. The zero-order valence-corrected chi connectivity index (χ0v) is 12.5. The SMILES string of the molecule is CCc1cc(C(=O)N2CCCC(CCO)C2)n(CC)n1. The molecule has 20 heavy (non-hydrogen) atoms. The third-order valence-corrected chi connectivity index (χ3v) is 4.06. The van der Waals surface area contributed by atoms with Gasteiger partial charge in [0.2, 0.25) is 0 Å². The van der Waals surface area contributed by atoms with E-state index in [1.807, 2.05) is 17.9 Å². The lowest BCUT2D eigenvalue weighted by Gasteiger charge is -2.32. The van der Waals surface area contributed by atoms with Gasteiger partial charge in [-0.15, -0.1) is 0 Å². The Bertz CT molecular complexity index is 454. The van der Waals surface area contributed by atoms with Crippen molar-refractivity contribution in [3.63, 3.8) is 0 Å². The van der Waals surface area contributed by atoms with Crippen molar-refractivity contribution in [1.82, 2.24) is 14.7 Å². The molecule has 1 unspecified atom stereocenters. The van der Waals surface area contributed by atoms with Gasteiger partial charge in [-0.25, -0.2) is 0 Å². The maximum atomic E-state index is 12.7. The summed E-state index contributed by atoms with van der Waals surface area (Å²) in [5, 5.41) is 13.5. The smallest absolute Gasteiger partial charge is 0.272 e. The van der Waals surface area contributed by atoms with Crippen LogP contribution in [0, 0.1) is 5.92 Å². The Morgan fingerprint density at radius 1 is 1.50 bits per heavy atom.